The molecule has 5 rings (SSSR count). The van der Waals surface area contributed by atoms with Crippen LogP contribution in [0.2, 0.25) is 0 Å². The number of aryl methyl sites for hydroxylation is 3. The van der Waals surface area contributed by atoms with Crippen LogP contribution in [0.3, 0.4) is 0 Å². The number of aliphatic carboxylic acids is 1. The average Bonchev–Trinajstić information content (AvgIpc) is 3.54. The van der Waals surface area contributed by atoms with Crippen LogP contribution in [0.25, 0.3) is 25.9 Å². The van der Waals surface area contributed by atoms with Crippen LogP contribution in [0.1, 0.15) is 45.3 Å². The summed E-state index contributed by atoms with van der Waals surface area (Å²) in [6, 6.07) is 12.5. The number of allylic oxidation sites excluding steroid dienone is 1. The van der Waals surface area contributed by atoms with Gasteiger partial charge in [-0.2, -0.15) is 8.75 Å². The van der Waals surface area contributed by atoms with Crippen LogP contribution in [-0.4, -0.2) is 67.0 Å². The minimum atomic E-state index is -0.833. The fourth-order valence-electron chi connectivity index (χ4n) is 3.80. The Balaban J connectivity index is 0.000000356. The number of amides is 2. The van der Waals surface area contributed by atoms with Gasteiger partial charge in [-0.3, -0.25) is 9.59 Å². The number of ether oxygens (including phenoxy) is 1. The van der Waals surface area contributed by atoms with Crippen molar-refractivity contribution >= 4 is 66.9 Å². The molecule has 0 aliphatic heterocycles. The number of hydrogen-bond donors (Lipinski definition) is 4. The number of aromatic nitrogens is 4. The van der Waals surface area contributed by atoms with Gasteiger partial charge in [0.25, 0.3) is 11.5 Å². The standard InChI is InChI=1S/C13H11N3O2S.C9H16N2O3.C8H8N2S.C2H4O2.CH4/c1-7-5-12(17)16(13(18)14-7)9-3-4-11-10(6-9)8(2)15-19-11;1-5-14-8(12)6-7(2)10-9(13)11(3)4;1-5-7-4-6(9)2-3-8(7)11-10-5;1-2(3)4;/h3-6H,1-2H3,(H,14,18);6H,5H2,1-4H3,(H,10,13);2-4H,9H2,1H3;1H3,(H,3,4);1H4/b;7-6-;;;. The summed E-state index contributed by atoms with van der Waals surface area (Å²) < 4.78 is 16.5. The molecule has 5 N–H and O–H groups in total. The van der Waals surface area contributed by atoms with Crippen molar-refractivity contribution in [3.05, 3.63) is 92.2 Å². The fraction of sp³-hybridized carbons (Fsp3) is 0.303. The van der Waals surface area contributed by atoms with Gasteiger partial charge in [0, 0.05) is 61.0 Å². The normalized spacial score (nSPS) is 10.2. The van der Waals surface area contributed by atoms with Gasteiger partial charge in [0.1, 0.15) is 0 Å². The smallest absolute Gasteiger partial charge is 0.333 e. The molecular weight excluding hydrogens is 671 g/mol. The summed E-state index contributed by atoms with van der Waals surface area (Å²) >= 11 is 2.92. The summed E-state index contributed by atoms with van der Waals surface area (Å²) in [7, 11) is 3.24. The van der Waals surface area contributed by atoms with Crippen LogP contribution < -0.4 is 22.3 Å². The topological polar surface area (TPSA) is 203 Å². The number of esters is 1. The third-order valence-electron chi connectivity index (χ3n) is 5.97. The first kappa shape index (κ1) is 41.7. The Hall–Kier alpha value is -5.35. The molecule has 0 bridgehead atoms. The first-order chi connectivity index (χ1) is 22.5. The SMILES string of the molecule is C.CC(=O)O.CCOC(=O)/C=C(/C)NC(=O)N(C)C.Cc1cc(=O)n(-c2ccc3snc(C)c3c2)c(=O)[nH]1.Cc1nsc2ccc(N)cc12. The van der Waals surface area contributed by atoms with Crippen molar-refractivity contribution in [3.8, 4) is 5.69 Å². The third-order valence-corrected chi connectivity index (χ3v) is 7.80. The van der Waals surface area contributed by atoms with E-state index in [9.17, 15) is 19.2 Å². The van der Waals surface area contributed by atoms with Gasteiger partial charge in [-0.05, 0) is 94.1 Å². The Kier molecular flexibility index (Phi) is 16.6. The second-order valence-electron chi connectivity index (χ2n) is 10.3. The van der Waals surface area contributed by atoms with Gasteiger partial charge in [-0.1, -0.05) is 7.43 Å². The monoisotopic (exact) mass is 713 g/mol. The molecule has 0 atom stereocenters. The number of rotatable bonds is 4. The predicted octanol–water partition coefficient (Wildman–Crippen LogP) is 5.39. The maximum atomic E-state index is 12.0. The molecule has 0 saturated carbocycles. The number of aromatic amines is 1. The number of anilines is 1. The molecule has 0 spiro atoms. The van der Waals surface area contributed by atoms with E-state index < -0.39 is 17.6 Å². The highest BCUT2D eigenvalue weighted by atomic mass is 32.1. The molecule has 16 heteroatoms. The summed E-state index contributed by atoms with van der Waals surface area (Å²) in [5.41, 5.74) is 9.22. The molecular formula is C33H43N7O7S2. The maximum absolute atomic E-state index is 12.0. The number of carboxylic acids is 1. The number of carbonyl (C=O) groups is 3. The number of nitrogens with one attached hydrogen (secondary N) is 2. The highest BCUT2D eigenvalue weighted by Crippen LogP contribution is 2.24. The zero-order valence-corrected chi connectivity index (χ0v) is 29.5. The van der Waals surface area contributed by atoms with E-state index in [4.69, 9.17) is 15.6 Å². The van der Waals surface area contributed by atoms with Crippen molar-refractivity contribution in [1.29, 1.82) is 0 Å². The van der Waals surface area contributed by atoms with Crippen molar-refractivity contribution in [1.82, 2.24) is 28.5 Å². The van der Waals surface area contributed by atoms with Crippen LogP contribution in [0.15, 0.2) is 63.8 Å². The quantitative estimate of drug-likeness (QED) is 0.106. The second kappa shape index (κ2) is 19.5. The molecule has 0 saturated heterocycles. The van der Waals surface area contributed by atoms with Gasteiger partial charge in [-0.25, -0.2) is 19.0 Å². The molecule has 0 aliphatic carbocycles. The molecule has 264 valence electrons. The summed E-state index contributed by atoms with van der Waals surface area (Å²) in [5, 5.41) is 12.1. The summed E-state index contributed by atoms with van der Waals surface area (Å²) in [5.74, 6) is -1.29. The zero-order valence-electron chi connectivity index (χ0n) is 27.9. The van der Waals surface area contributed by atoms with Gasteiger partial charge in [0.2, 0.25) is 0 Å². The number of fused-ring (bicyclic) bond motifs is 2. The van der Waals surface area contributed by atoms with Crippen LogP contribution >= 0.6 is 23.1 Å². The molecule has 2 amide bonds. The zero-order chi connectivity index (χ0) is 36.1. The van der Waals surface area contributed by atoms with Gasteiger partial charge in [-0.15, -0.1) is 0 Å². The molecule has 0 aliphatic rings. The number of nitrogens with zero attached hydrogens (tertiary/aromatic N) is 4. The third kappa shape index (κ3) is 13.0. The van der Waals surface area contributed by atoms with E-state index >= 15 is 0 Å². The molecule has 49 heavy (non-hydrogen) atoms. The Labute approximate surface area is 292 Å². The summed E-state index contributed by atoms with van der Waals surface area (Å²) in [4.78, 5) is 58.9. The lowest BCUT2D eigenvalue weighted by atomic mass is 10.2. The van der Waals surface area contributed by atoms with Crippen LogP contribution in [-0.2, 0) is 14.3 Å². The van der Waals surface area contributed by atoms with Crippen molar-refractivity contribution in [2.75, 3.05) is 26.4 Å². The maximum Gasteiger partial charge on any atom is 0.333 e. The molecule has 14 nitrogen and oxygen atoms in total. The Morgan fingerprint density at radius 2 is 1.51 bits per heavy atom. The lowest BCUT2D eigenvalue weighted by Crippen LogP contribution is -2.33. The number of carbonyl (C=O) groups excluding carboxylic acids is 2. The van der Waals surface area contributed by atoms with E-state index in [0.29, 0.717) is 23.7 Å². The summed E-state index contributed by atoms with van der Waals surface area (Å²) in [6.45, 7) is 10.3. The largest absolute Gasteiger partial charge is 0.481 e. The number of H-pyrrole nitrogens is 1. The van der Waals surface area contributed by atoms with Crippen molar-refractivity contribution in [3.63, 3.8) is 0 Å². The summed E-state index contributed by atoms with van der Waals surface area (Å²) in [6.07, 6.45) is 1.24. The van der Waals surface area contributed by atoms with Gasteiger partial charge < -0.3 is 30.8 Å². The van der Waals surface area contributed by atoms with Crippen molar-refractivity contribution in [2.45, 2.75) is 49.0 Å². The van der Waals surface area contributed by atoms with Crippen molar-refractivity contribution < 1.29 is 24.2 Å². The van der Waals surface area contributed by atoms with Crippen LogP contribution in [0.5, 0.6) is 0 Å². The minimum absolute atomic E-state index is 0. The Morgan fingerprint density at radius 1 is 0.980 bits per heavy atom. The molecule has 0 unspecified atom stereocenters. The molecule has 3 aromatic heterocycles. The van der Waals surface area contributed by atoms with Gasteiger partial charge >= 0.3 is 17.7 Å². The lowest BCUT2D eigenvalue weighted by Gasteiger charge is -2.11. The highest BCUT2D eigenvalue weighted by Gasteiger charge is 2.09. The van der Waals surface area contributed by atoms with E-state index in [1.165, 1.54) is 50.2 Å². The van der Waals surface area contributed by atoms with E-state index in [1.54, 1.807) is 40.9 Å². The number of nitrogen functional groups attached to an aromatic ring is 1. The lowest BCUT2D eigenvalue weighted by molar-refractivity contribution is -0.137. The van der Waals surface area contributed by atoms with Gasteiger partial charge in [0.15, 0.2) is 0 Å². The van der Waals surface area contributed by atoms with E-state index in [1.807, 2.05) is 44.2 Å². The number of carboxylic acid groups (broad SMARTS) is 1. The van der Waals surface area contributed by atoms with Crippen LogP contribution in [0.4, 0.5) is 10.5 Å². The van der Waals surface area contributed by atoms with E-state index in [-0.39, 0.29) is 19.0 Å². The predicted molar refractivity (Wildman–Crippen MR) is 197 cm³/mol. The average molecular weight is 714 g/mol. The van der Waals surface area contributed by atoms with E-state index in [0.717, 1.165) is 38.7 Å². The van der Waals surface area contributed by atoms with Gasteiger partial charge in [0.05, 0.1) is 33.1 Å². The Bertz CT molecular complexity index is 2010. The van der Waals surface area contributed by atoms with Crippen molar-refractivity contribution in [2.24, 2.45) is 0 Å². The number of urea groups is 1. The fourth-order valence-corrected chi connectivity index (χ4v) is 5.33. The first-order valence-corrected chi connectivity index (χ1v) is 15.9. The molecule has 0 radical (unpaired) electrons. The number of hydrogen-bond acceptors (Lipinski definition) is 11. The molecule has 0 fully saturated rings. The number of benzene rings is 2. The van der Waals surface area contributed by atoms with Crippen LogP contribution in [0, 0.1) is 20.8 Å². The second-order valence-corrected chi connectivity index (χ2v) is 11.9. The Morgan fingerprint density at radius 3 is 2.02 bits per heavy atom. The molecule has 2 aromatic carbocycles. The molecule has 5 aromatic rings. The number of nitrogens with two attached hydrogens (primary N) is 1. The highest BCUT2D eigenvalue weighted by molar-refractivity contribution is 7.13. The molecule has 3 heterocycles. The van der Waals surface area contributed by atoms with E-state index in [2.05, 4.69) is 23.8 Å². The minimum Gasteiger partial charge on any atom is -0.481 e. The first-order valence-electron chi connectivity index (χ1n) is 14.4.